The molecule has 1 unspecified atom stereocenters. The molecular formula is C27H27N7O3S. The number of hydrogen-bond acceptors (Lipinski definition) is 8. The van der Waals surface area contributed by atoms with Crippen molar-refractivity contribution in [2.24, 2.45) is 0 Å². The van der Waals surface area contributed by atoms with E-state index in [1.807, 2.05) is 43.1 Å². The van der Waals surface area contributed by atoms with E-state index in [1.165, 1.54) is 12.5 Å². The number of pyridine rings is 1. The average molecular weight is 530 g/mol. The third kappa shape index (κ3) is 4.69. The zero-order valence-electron chi connectivity index (χ0n) is 21.4. The molecule has 5 rings (SSSR count). The molecule has 0 amide bonds. The molecule has 4 aromatic rings. The minimum absolute atomic E-state index is 0.213. The molecule has 1 aliphatic rings. The summed E-state index contributed by atoms with van der Waals surface area (Å²) in [4.78, 5) is 1.99. The number of ether oxygens (including phenoxy) is 1. The summed E-state index contributed by atoms with van der Waals surface area (Å²) in [5.74, 6) is 0.461. The molecule has 194 valence electrons. The summed E-state index contributed by atoms with van der Waals surface area (Å²) in [5.41, 5.74) is 4.35. The van der Waals surface area contributed by atoms with Gasteiger partial charge in [0.2, 0.25) is 0 Å². The monoisotopic (exact) mass is 529 g/mol. The van der Waals surface area contributed by atoms with E-state index < -0.39 is 15.9 Å². The molecule has 1 aromatic carbocycles. The summed E-state index contributed by atoms with van der Waals surface area (Å²) in [6.45, 7) is 5.28. The molecule has 1 aliphatic heterocycles. The first-order valence-corrected chi connectivity index (χ1v) is 14.2. The Bertz CT molecular complexity index is 1700. The summed E-state index contributed by atoms with van der Waals surface area (Å²) in [7, 11) is -3.37. The number of aromatic nitrogens is 4. The number of nitriles is 2. The van der Waals surface area contributed by atoms with E-state index >= 15 is 0 Å². The van der Waals surface area contributed by atoms with Gasteiger partial charge in [-0.3, -0.25) is 4.68 Å². The molecule has 1 fully saturated rings. The van der Waals surface area contributed by atoms with E-state index in [-0.39, 0.29) is 10.9 Å². The van der Waals surface area contributed by atoms with Crippen LogP contribution in [0.15, 0.2) is 53.8 Å². The highest BCUT2D eigenvalue weighted by molar-refractivity contribution is 7.90. The molecule has 0 aliphatic carbocycles. The summed E-state index contributed by atoms with van der Waals surface area (Å²) in [6.07, 6.45) is 9.76. The van der Waals surface area contributed by atoms with Gasteiger partial charge in [-0.05, 0) is 50.5 Å². The molecule has 0 bridgehead atoms. The largest absolute Gasteiger partial charge is 0.484 e. The first kappa shape index (κ1) is 25.3. The fraction of sp³-hybridized carbons (Fsp3) is 0.333. The Kier molecular flexibility index (Phi) is 6.55. The Labute approximate surface area is 221 Å². The zero-order valence-corrected chi connectivity index (χ0v) is 22.2. The minimum atomic E-state index is -3.37. The van der Waals surface area contributed by atoms with Gasteiger partial charge in [-0.1, -0.05) is 12.1 Å². The maximum atomic E-state index is 12.1. The van der Waals surface area contributed by atoms with Crippen LogP contribution in [-0.4, -0.2) is 52.1 Å². The quantitative estimate of drug-likeness (QED) is 0.342. The van der Waals surface area contributed by atoms with E-state index in [0.29, 0.717) is 35.5 Å². The van der Waals surface area contributed by atoms with Crippen molar-refractivity contribution in [3.8, 4) is 29.1 Å². The molecule has 3 aromatic heterocycles. The lowest BCUT2D eigenvalue weighted by Crippen LogP contribution is -2.31. The standard InChI is InChI=1S/C27H27N7O3S/c1-18-25(15-31-34(18)23-7-9-32(17-29)10-8-23)21-12-26(27-22(13-28)14-30-33(27)16-21)37-19(2)20-5-4-6-24(11-20)38(3,35)36/h4-6,11-12,14-16,19,23H,7-10H2,1-3H3. The highest BCUT2D eigenvalue weighted by Gasteiger charge is 2.24. The van der Waals surface area contributed by atoms with Crippen molar-refractivity contribution in [3.05, 3.63) is 65.7 Å². The second-order valence-corrected chi connectivity index (χ2v) is 11.6. The van der Waals surface area contributed by atoms with E-state index in [9.17, 15) is 13.7 Å². The topological polar surface area (TPSA) is 129 Å². The van der Waals surface area contributed by atoms with Gasteiger partial charge < -0.3 is 9.64 Å². The van der Waals surface area contributed by atoms with Crippen molar-refractivity contribution in [3.63, 3.8) is 0 Å². The number of fused-ring (bicyclic) bond motifs is 1. The van der Waals surface area contributed by atoms with Crippen LogP contribution in [0.2, 0.25) is 0 Å². The van der Waals surface area contributed by atoms with Crippen LogP contribution in [0.25, 0.3) is 16.6 Å². The molecule has 0 saturated carbocycles. The molecule has 4 heterocycles. The fourth-order valence-electron chi connectivity index (χ4n) is 4.95. The second-order valence-electron chi connectivity index (χ2n) is 9.57. The van der Waals surface area contributed by atoms with Crippen molar-refractivity contribution in [2.75, 3.05) is 19.3 Å². The summed E-state index contributed by atoms with van der Waals surface area (Å²) >= 11 is 0. The Balaban J connectivity index is 1.52. The van der Waals surface area contributed by atoms with Crippen molar-refractivity contribution in [1.29, 1.82) is 10.5 Å². The maximum absolute atomic E-state index is 12.1. The zero-order chi connectivity index (χ0) is 27.0. The van der Waals surface area contributed by atoms with Gasteiger partial charge >= 0.3 is 0 Å². The van der Waals surface area contributed by atoms with E-state index in [1.54, 1.807) is 27.6 Å². The van der Waals surface area contributed by atoms with Crippen LogP contribution in [0.5, 0.6) is 5.75 Å². The number of piperidine rings is 1. The highest BCUT2D eigenvalue weighted by atomic mass is 32.2. The maximum Gasteiger partial charge on any atom is 0.179 e. The Morgan fingerprint density at radius 3 is 2.58 bits per heavy atom. The fourth-order valence-corrected chi connectivity index (χ4v) is 5.62. The van der Waals surface area contributed by atoms with Gasteiger partial charge in [-0.15, -0.1) is 0 Å². The average Bonchev–Trinajstić information content (AvgIpc) is 3.51. The molecule has 0 radical (unpaired) electrons. The number of likely N-dealkylation sites (tertiary alicyclic amines) is 1. The molecule has 1 atom stereocenters. The minimum Gasteiger partial charge on any atom is -0.484 e. The van der Waals surface area contributed by atoms with Crippen molar-refractivity contribution >= 4 is 15.4 Å². The van der Waals surface area contributed by atoms with Gasteiger partial charge in [0.1, 0.15) is 29.0 Å². The van der Waals surface area contributed by atoms with Gasteiger partial charge in [0.05, 0.1) is 23.3 Å². The lowest BCUT2D eigenvalue weighted by atomic mass is 10.0. The molecular weight excluding hydrogens is 502 g/mol. The van der Waals surface area contributed by atoms with Crippen LogP contribution in [0.3, 0.4) is 0 Å². The van der Waals surface area contributed by atoms with E-state index in [0.717, 1.165) is 29.7 Å². The van der Waals surface area contributed by atoms with Gasteiger partial charge in [0, 0.05) is 42.4 Å². The van der Waals surface area contributed by atoms with Gasteiger partial charge in [0.15, 0.2) is 16.0 Å². The van der Waals surface area contributed by atoms with Crippen molar-refractivity contribution < 1.29 is 13.2 Å². The van der Waals surface area contributed by atoms with E-state index in [4.69, 9.17) is 10.00 Å². The molecule has 0 N–H and O–H groups in total. The predicted molar refractivity (Wildman–Crippen MR) is 140 cm³/mol. The summed E-state index contributed by atoms with van der Waals surface area (Å²) in [5, 5.41) is 27.9. The molecule has 0 spiro atoms. The Hall–Kier alpha value is -4.35. The highest BCUT2D eigenvalue weighted by Crippen LogP contribution is 2.35. The van der Waals surface area contributed by atoms with E-state index in [2.05, 4.69) is 22.5 Å². The number of sulfone groups is 1. The number of benzene rings is 1. The van der Waals surface area contributed by atoms with Crippen LogP contribution in [0.1, 0.15) is 48.7 Å². The van der Waals surface area contributed by atoms with Crippen molar-refractivity contribution in [1.82, 2.24) is 24.3 Å². The van der Waals surface area contributed by atoms with Gasteiger partial charge in [-0.25, -0.2) is 12.9 Å². The summed E-state index contributed by atoms with van der Waals surface area (Å²) in [6, 6.07) is 10.9. The third-order valence-electron chi connectivity index (χ3n) is 7.06. The van der Waals surface area contributed by atoms with Crippen molar-refractivity contribution in [2.45, 2.75) is 43.7 Å². The number of nitrogens with zero attached hydrogens (tertiary/aromatic N) is 7. The number of hydrogen-bond donors (Lipinski definition) is 0. The first-order valence-electron chi connectivity index (χ1n) is 12.3. The van der Waals surface area contributed by atoms with Gasteiger partial charge in [0.25, 0.3) is 0 Å². The smallest absolute Gasteiger partial charge is 0.179 e. The summed E-state index contributed by atoms with van der Waals surface area (Å²) < 4.78 is 34.1. The third-order valence-corrected chi connectivity index (χ3v) is 8.17. The molecule has 11 heteroatoms. The van der Waals surface area contributed by atoms with Crippen LogP contribution in [0, 0.1) is 29.7 Å². The Morgan fingerprint density at radius 2 is 1.89 bits per heavy atom. The molecule has 1 saturated heterocycles. The van der Waals surface area contributed by atoms with Crippen LogP contribution >= 0.6 is 0 Å². The lowest BCUT2D eigenvalue weighted by molar-refractivity contribution is 0.229. The van der Waals surface area contributed by atoms with Gasteiger partial charge in [-0.2, -0.15) is 20.7 Å². The van der Waals surface area contributed by atoms with Crippen LogP contribution < -0.4 is 4.74 Å². The first-order chi connectivity index (χ1) is 18.2. The normalized spacial score (nSPS) is 15.2. The molecule has 38 heavy (non-hydrogen) atoms. The molecule has 10 nitrogen and oxygen atoms in total. The van der Waals surface area contributed by atoms with Crippen LogP contribution in [-0.2, 0) is 9.84 Å². The Morgan fingerprint density at radius 1 is 1.13 bits per heavy atom. The number of rotatable bonds is 6. The SMILES string of the molecule is Cc1c(-c2cc(OC(C)c3cccc(S(C)(=O)=O)c3)c3c(C#N)cnn3c2)cnn1C1CCN(C#N)CC1. The second kappa shape index (κ2) is 9.84. The lowest BCUT2D eigenvalue weighted by Gasteiger charge is -2.29. The van der Waals surface area contributed by atoms with Crippen LogP contribution in [0.4, 0.5) is 0 Å². The predicted octanol–water partition coefficient (Wildman–Crippen LogP) is 4.04.